The van der Waals surface area contributed by atoms with Crippen molar-refractivity contribution in [3.8, 4) is 0 Å². The lowest BCUT2D eigenvalue weighted by Gasteiger charge is -2.35. The summed E-state index contributed by atoms with van der Waals surface area (Å²) in [5.74, 6) is -1.68. The van der Waals surface area contributed by atoms with Crippen LogP contribution in [-0.4, -0.2) is 42.4 Å². The van der Waals surface area contributed by atoms with E-state index in [0.717, 1.165) is 18.1 Å². The maximum Gasteiger partial charge on any atom is 0.293 e. The molecule has 0 aliphatic carbocycles. The molecule has 7 heteroatoms. The Balaban J connectivity index is 0.000000381. The minimum absolute atomic E-state index is 0.00194. The summed E-state index contributed by atoms with van der Waals surface area (Å²) in [5, 5.41) is 12.2. The number of aliphatic hydroxyl groups is 1. The molecule has 142 valence electrons. The van der Waals surface area contributed by atoms with Crippen LogP contribution in [0, 0.1) is 11.6 Å². The fraction of sp³-hybridized carbons (Fsp3) is 0.611. The molecule has 0 spiro atoms. The Bertz CT molecular complexity index is 550. The van der Waals surface area contributed by atoms with E-state index in [1.165, 1.54) is 6.07 Å². The summed E-state index contributed by atoms with van der Waals surface area (Å²) in [4.78, 5) is 9.60. The number of halogens is 2. The number of nitrogens with two attached hydrogens (primary N) is 1. The monoisotopic (exact) mass is 358 g/mol. The topological polar surface area (TPSA) is 84.6 Å². The van der Waals surface area contributed by atoms with Gasteiger partial charge in [0.2, 0.25) is 0 Å². The number of piperidine rings is 1. The predicted octanol–water partition coefficient (Wildman–Crippen LogP) is 2.08. The Morgan fingerprint density at radius 3 is 2.52 bits per heavy atom. The zero-order valence-corrected chi connectivity index (χ0v) is 15.0. The minimum Gasteiger partial charge on any atom is -0.462 e. The number of benzene rings is 1. The first-order chi connectivity index (χ1) is 11.7. The molecular formula is C18H28F2N2O3. The van der Waals surface area contributed by atoms with Crippen LogP contribution >= 0.6 is 0 Å². The number of carbonyl (C=O) groups excluding carboxylic acids is 1. The first kappa shape index (κ1) is 21.5. The van der Waals surface area contributed by atoms with E-state index in [-0.39, 0.29) is 30.2 Å². The lowest BCUT2D eigenvalue weighted by atomic mass is 9.82. The lowest BCUT2D eigenvalue weighted by Crippen LogP contribution is -2.50. The first-order valence-electron chi connectivity index (χ1n) is 8.34. The molecule has 0 amide bonds. The second-order valence-electron chi connectivity index (χ2n) is 7.12. The highest BCUT2D eigenvalue weighted by atomic mass is 19.2. The molecule has 1 aromatic carbocycles. The van der Waals surface area contributed by atoms with Gasteiger partial charge in [0.1, 0.15) is 5.60 Å². The van der Waals surface area contributed by atoms with E-state index in [4.69, 9.17) is 10.8 Å². The zero-order chi connectivity index (χ0) is 19.0. The second kappa shape index (κ2) is 9.79. The standard InChI is InChI=1S/C13H18F2N2O.C5H10O2/c14-11-2-1-8(5-12(11)15)10-6-9(3-4-18)17-7-13(10)16;1-5(2,3)7-4-6/h1-2,5,9-10,13,17-18H,3-4,6-7,16H2;4H,1-3H3/t9?,10-,13+;/m0./s1. The predicted molar refractivity (Wildman–Crippen MR) is 92.1 cm³/mol. The van der Waals surface area contributed by atoms with Gasteiger partial charge >= 0.3 is 0 Å². The van der Waals surface area contributed by atoms with Crippen molar-refractivity contribution in [3.05, 3.63) is 35.4 Å². The van der Waals surface area contributed by atoms with Gasteiger partial charge in [-0.05, 0) is 51.3 Å². The van der Waals surface area contributed by atoms with Gasteiger partial charge in [0.15, 0.2) is 11.6 Å². The Morgan fingerprint density at radius 1 is 1.36 bits per heavy atom. The Labute approximate surface area is 147 Å². The molecule has 0 radical (unpaired) electrons. The van der Waals surface area contributed by atoms with Crippen molar-refractivity contribution in [1.29, 1.82) is 0 Å². The fourth-order valence-corrected chi connectivity index (χ4v) is 2.66. The van der Waals surface area contributed by atoms with Crippen LogP contribution in [0.3, 0.4) is 0 Å². The Kier molecular flexibility index (Phi) is 8.41. The number of ether oxygens (including phenoxy) is 1. The fourth-order valence-electron chi connectivity index (χ4n) is 2.66. The molecule has 1 aliphatic heterocycles. The van der Waals surface area contributed by atoms with Crippen LogP contribution in [0.4, 0.5) is 8.78 Å². The van der Waals surface area contributed by atoms with Gasteiger partial charge in [0, 0.05) is 31.2 Å². The van der Waals surface area contributed by atoms with Gasteiger partial charge in [-0.3, -0.25) is 4.79 Å². The SMILES string of the molecule is CC(C)(C)OC=O.N[C@@H]1CNC(CCO)C[C@H]1c1ccc(F)c(F)c1. The zero-order valence-electron chi connectivity index (χ0n) is 15.0. The van der Waals surface area contributed by atoms with E-state index in [9.17, 15) is 13.6 Å². The van der Waals surface area contributed by atoms with Crippen LogP contribution in [0.5, 0.6) is 0 Å². The number of carbonyl (C=O) groups is 1. The van der Waals surface area contributed by atoms with Gasteiger partial charge in [-0.15, -0.1) is 0 Å². The summed E-state index contributed by atoms with van der Waals surface area (Å²) in [5.41, 5.74) is 6.43. The van der Waals surface area contributed by atoms with Gasteiger partial charge in [0.25, 0.3) is 6.47 Å². The first-order valence-corrected chi connectivity index (χ1v) is 8.34. The van der Waals surface area contributed by atoms with E-state index >= 15 is 0 Å². The molecule has 1 fully saturated rings. The highest BCUT2D eigenvalue weighted by Gasteiger charge is 2.29. The van der Waals surface area contributed by atoms with Crippen LogP contribution < -0.4 is 11.1 Å². The van der Waals surface area contributed by atoms with Crippen molar-refractivity contribution >= 4 is 6.47 Å². The molecule has 1 unspecified atom stereocenters. The van der Waals surface area contributed by atoms with Gasteiger partial charge in [-0.1, -0.05) is 6.07 Å². The Morgan fingerprint density at radius 2 is 2.04 bits per heavy atom. The van der Waals surface area contributed by atoms with Crippen LogP contribution in [-0.2, 0) is 9.53 Å². The van der Waals surface area contributed by atoms with Gasteiger partial charge in [-0.25, -0.2) is 8.78 Å². The average molecular weight is 358 g/mol. The van der Waals surface area contributed by atoms with Crippen molar-refractivity contribution in [3.63, 3.8) is 0 Å². The van der Waals surface area contributed by atoms with Crippen LogP contribution in [0.25, 0.3) is 0 Å². The van der Waals surface area contributed by atoms with Crippen molar-refractivity contribution < 1.29 is 23.4 Å². The highest BCUT2D eigenvalue weighted by Crippen LogP contribution is 2.29. The van der Waals surface area contributed by atoms with E-state index in [1.807, 2.05) is 20.8 Å². The van der Waals surface area contributed by atoms with Crippen molar-refractivity contribution in [2.75, 3.05) is 13.2 Å². The smallest absolute Gasteiger partial charge is 0.293 e. The highest BCUT2D eigenvalue weighted by molar-refractivity contribution is 5.37. The normalized spacial score (nSPS) is 23.4. The summed E-state index contributed by atoms with van der Waals surface area (Å²) >= 11 is 0. The van der Waals surface area contributed by atoms with E-state index < -0.39 is 11.6 Å². The third-order valence-corrected chi connectivity index (χ3v) is 3.95. The number of aliphatic hydroxyl groups excluding tert-OH is 1. The molecule has 3 atom stereocenters. The van der Waals surface area contributed by atoms with Crippen LogP contribution in [0.2, 0.25) is 0 Å². The summed E-state index contributed by atoms with van der Waals surface area (Å²) in [6, 6.07) is 4.00. The third kappa shape index (κ3) is 7.46. The minimum atomic E-state index is -0.840. The molecule has 1 saturated heterocycles. The summed E-state index contributed by atoms with van der Waals surface area (Å²) in [6.07, 6.45) is 1.37. The van der Waals surface area contributed by atoms with Crippen LogP contribution in [0.1, 0.15) is 45.1 Å². The molecule has 1 aliphatic rings. The van der Waals surface area contributed by atoms with Gasteiger partial charge in [-0.2, -0.15) is 0 Å². The molecule has 1 heterocycles. The van der Waals surface area contributed by atoms with E-state index in [0.29, 0.717) is 19.4 Å². The van der Waals surface area contributed by atoms with Crippen molar-refractivity contribution in [2.45, 2.75) is 57.2 Å². The maximum atomic E-state index is 13.2. The maximum absolute atomic E-state index is 13.2. The molecule has 2 rings (SSSR count). The van der Waals surface area contributed by atoms with E-state index in [2.05, 4.69) is 10.1 Å². The summed E-state index contributed by atoms with van der Waals surface area (Å²) in [6.45, 7) is 6.65. The Hall–Kier alpha value is -1.57. The molecule has 25 heavy (non-hydrogen) atoms. The largest absolute Gasteiger partial charge is 0.462 e. The average Bonchev–Trinajstić information content (AvgIpc) is 2.52. The molecule has 0 bridgehead atoms. The van der Waals surface area contributed by atoms with Gasteiger partial charge in [0.05, 0.1) is 0 Å². The van der Waals surface area contributed by atoms with Crippen molar-refractivity contribution in [2.24, 2.45) is 5.73 Å². The number of nitrogens with one attached hydrogen (secondary N) is 1. The molecule has 0 aromatic heterocycles. The molecule has 5 nitrogen and oxygen atoms in total. The molecule has 0 saturated carbocycles. The summed E-state index contributed by atoms with van der Waals surface area (Å²) in [7, 11) is 0. The third-order valence-electron chi connectivity index (χ3n) is 3.95. The molecule has 4 N–H and O–H groups in total. The van der Waals surface area contributed by atoms with Crippen molar-refractivity contribution in [1.82, 2.24) is 5.32 Å². The molecule has 1 aromatic rings. The summed E-state index contributed by atoms with van der Waals surface area (Å²) < 4.78 is 30.7. The van der Waals surface area contributed by atoms with Crippen LogP contribution in [0.15, 0.2) is 18.2 Å². The number of hydrogen-bond acceptors (Lipinski definition) is 5. The van der Waals surface area contributed by atoms with Gasteiger partial charge < -0.3 is 20.9 Å². The quantitative estimate of drug-likeness (QED) is 0.718. The number of hydrogen-bond donors (Lipinski definition) is 3. The van der Waals surface area contributed by atoms with E-state index in [1.54, 1.807) is 6.07 Å². The number of rotatable bonds is 4. The lowest BCUT2D eigenvalue weighted by molar-refractivity contribution is -0.138. The second-order valence-corrected chi connectivity index (χ2v) is 7.12. The molecular weight excluding hydrogens is 330 g/mol.